The summed E-state index contributed by atoms with van der Waals surface area (Å²) in [5.41, 5.74) is 7.15. The van der Waals surface area contributed by atoms with Gasteiger partial charge in [0.15, 0.2) is 5.75 Å². The Morgan fingerprint density at radius 1 is 0.492 bits per heavy atom. The zero-order valence-corrected chi connectivity index (χ0v) is 36.4. The van der Waals surface area contributed by atoms with E-state index in [4.69, 9.17) is 4.55 Å². The number of aromatic carboxylic acids is 1. The summed E-state index contributed by atoms with van der Waals surface area (Å²) in [7, 11) is -9.16. The molecule has 0 unspecified atom stereocenters. The van der Waals surface area contributed by atoms with E-state index in [0.717, 1.165) is 11.1 Å². The third-order valence-electron chi connectivity index (χ3n) is 9.84. The number of rotatable bonds is 13. The molecule has 18 nitrogen and oxygen atoms in total. The molecule has 7 aromatic carbocycles. The van der Waals surface area contributed by atoms with Gasteiger partial charge in [0.1, 0.15) is 10.6 Å². The summed E-state index contributed by atoms with van der Waals surface area (Å²) < 4.78 is 66.7. The van der Waals surface area contributed by atoms with E-state index in [0.29, 0.717) is 67.7 Å². The Hall–Kier alpha value is -7.91. The largest absolute Gasteiger partial charge is 0.505 e. The van der Waals surface area contributed by atoms with Gasteiger partial charge in [-0.15, -0.1) is 5.11 Å². The van der Waals surface area contributed by atoms with E-state index >= 15 is 0 Å². The topological polar surface area (TPSA) is 277 Å². The predicted molar refractivity (Wildman–Crippen MR) is 243 cm³/mol. The van der Waals surface area contributed by atoms with E-state index in [1.165, 1.54) is 42.5 Å². The molecule has 0 bridgehead atoms. The monoisotopic (exact) mass is 911 g/mol. The maximum absolute atomic E-state index is 12.5. The standard InChI is InChI=1S/C45H37N9O9S2/c1-25-20-39(26(2)19-38(25)50-49-33-13-11-32(12-14-33)47-48-34-15-17-36(18-16-34)64(58,59)60)51-52-40-21-28(4)41(22-27(40)3)53-54-43-42(65(61,62)63)23-30-7-10-35(24-37(30)44(43)55)46-31-8-5-29(6-9-31)45(56)57/h5-24,46,55H,1-4H3,(H,56,57)(H,58,59,60)(H,61,62,63). The molecule has 0 saturated heterocycles. The molecule has 0 saturated carbocycles. The molecule has 5 N–H and O–H groups in total. The molecule has 0 aromatic heterocycles. The number of phenolic OH excluding ortho intramolecular Hbond substituents is 1. The van der Waals surface area contributed by atoms with Crippen LogP contribution in [-0.4, -0.2) is 42.1 Å². The summed E-state index contributed by atoms with van der Waals surface area (Å²) >= 11 is 0. The van der Waals surface area contributed by atoms with Crippen molar-refractivity contribution in [2.45, 2.75) is 37.5 Å². The molecule has 0 aliphatic carbocycles. The molecule has 0 atom stereocenters. The van der Waals surface area contributed by atoms with Crippen molar-refractivity contribution in [2.75, 3.05) is 5.32 Å². The van der Waals surface area contributed by atoms with Crippen molar-refractivity contribution < 1.29 is 40.9 Å². The zero-order chi connectivity index (χ0) is 46.6. The van der Waals surface area contributed by atoms with Crippen molar-refractivity contribution in [1.82, 2.24) is 0 Å². The lowest BCUT2D eigenvalue weighted by Crippen LogP contribution is -1.99. The van der Waals surface area contributed by atoms with Crippen molar-refractivity contribution in [3.8, 4) is 5.75 Å². The number of carboxylic acids is 1. The second-order valence-electron chi connectivity index (χ2n) is 14.6. The Bertz CT molecular complexity index is 3360. The maximum atomic E-state index is 12.5. The van der Waals surface area contributed by atoms with Crippen LogP contribution in [0.3, 0.4) is 0 Å². The van der Waals surface area contributed by atoms with Gasteiger partial charge in [-0.25, -0.2) is 4.79 Å². The normalized spacial score (nSPS) is 12.3. The highest BCUT2D eigenvalue weighted by molar-refractivity contribution is 7.86. The van der Waals surface area contributed by atoms with Crippen LogP contribution in [0.5, 0.6) is 5.75 Å². The number of nitrogens with one attached hydrogen (secondary N) is 1. The van der Waals surface area contributed by atoms with Gasteiger partial charge < -0.3 is 15.5 Å². The molecule has 0 heterocycles. The SMILES string of the molecule is Cc1cc(N=Nc2cc(C)c(N=Nc3c(S(=O)(=O)O)cc4ccc(Nc5ccc(C(=O)O)cc5)cc4c3O)cc2C)c(C)cc1N=Nc1ccc(N=Nc2ccc(S(=O)(=O)O)cc2)cc1. The molecular weight excluding hydrogens is 875 g/mol. The molecule has 0 radical (unpaired) electrons. The summed E-state index contributed by atoms with van der Waals surface area (Å²) in [6.45, 7) is 7.28. The van der Waals surface area contributed by atoms with Crippen molar-refractivity contribution in [2.24, 2.45) is 40.9 Å². The van der Waals surface area contributed by atoms with E-state index in [2.05, 4.69) is 46.2 Å². The number of hydrogen-bond acceptors (Lipinski definition) is 15. The van der Waals surface area contributed by atoms with Crippen LogP contribution in [0.1, 0.15) is 32.6 Å². The minimum absolute atomic E-state index is 0.109. The van der Waals surface area contributed by atoms with Gasteiger partial charge in [-0.1, -0.05) is 6.07 Å². The Morgan fingerprint density at radius 2 is 0.908 bits per heavy atom. The summed E-state index contributed by atoms with van der Waals surface area (Å²) in [5.74, 6) is -1.61. The Morgan fingerprint density at radius 3 is 1.35 bits per heavy atom. The summed E-state index contributed by atoms with van der Waals surface area (Å²) in [4.78, 5) is 10.3. The number of aryl methyl sites for hydroxylation is 4. The summed E-state index contributed by atoms with van der Waals surface area (Å²) in [6, 6.07) is 31.2. The van der Waals surface area contributed by atoms with Crippen LogP contribution in [0.4, 0.5) is 56.9 Å². The molecule has 0 fully saturated rings. The first-order valence-electron chi connectivity index (χ1n) is 19.3. The van der Waals surface area contributed by atoms with Gasteiger partial charge in [-0.3, -0.25) is 9.11 Å². The quantitative estimate of drug-likeness (QED) is 0.0539. The number of anilines is 2. The van der Waals surface area contributed by atoms with Gasteiger partial charge in [-0.05, 0) is 171 Å². The van der Waals surface area contributed by atoms with Crippen molar-refractivity contribution in [1.29, 1.82) is 0 Å². The van der Waals surface area contributed by atoms with Gasteiger partial charge in [-0.2, -0.15) is 52.6 Å². The van der Waals surface area contributed by atoms with Gasteiger partial charge in [0.25, 0.3) is 20.2 Å². The fourth-order valence-electron chi connectivity index (χ4n) is 6.29. The maximum Gasteiger partial charge on any atom is 0.335 e. The van der Waals surface area contributed by atoms with Crippen LogP contribution in [0.15, 0.2) is 172 Å². The van der Waals surface area contributed by atoms with Crippen LogP contribution < -0.4 is 5.32 Å². The minimum Gasteiger partial charge on any atom is -0.505 e. The third kappa shape index (κ3) is 10.8. The molecule has 328 valence electrons. The zero-order valence-electron chi connectivity index (χ0n) is 34.8. The van der Waals surface area contributed by atoms with Gasteiger partial charge in [0.05, 0.1) is 50.3 Å². The average molecular weight is 912 g/mol. The van der Waals surface area contributed by atoms with E-state index in [9.17, 15) is 36.4 Å². The highest BCUT2D eigenvalue weighted by atomic mass is 32.2. The lowest BCUT2D eigenvalue weighted by molar-refractivity contribution is 0.0696. The van der Waals surface area contributed by atoms with Gasteiger partial charge in [0.2, 0.25) is 0 Å². The van der Waals surface area contributed by atoms with Crippen LogP contribution in [-0.2, 0) is 20.2 Å². The van der Waals surface area contributed by atoms with E-state index in [1.54, 1.807) is 80.6 Å². The Kier molecular flexibility index (Phi) is 12.8. The average Bonchev–Trinajstić information content (AvgIpc) is 3.26. The Labute approximate surface area is 372 Å². The third-order valence-corrected chi connectivity index (χ3v) is 11.6. The number of nitrogens with zero attached hydrogens (tertiary/aromatic N) is 8. The van der Waals surface area contributed by atoms with Crippen LogP contribution >= 0.6 is 0 Å². The molecule has 65 heavy (non-hydrogen) atoms. The highest BCUT2D eigenvalue weighted by Crippen LogP contribution is 2.43. The van der Waals surface area contributed by atoms with Crippen molar-refractivity contribution >= 4 is 93.9 Å². The molecule has 0 amide bonds. The number of azo groups is 4. The van der Waals surface area contributed by atoms with Gasteiger partial charge in [0, 0.05) is 16.8 Å². The molecule has 7 rings (SSSR count). The molecular formula is C45H37N9O9S2. The molecule has 7 aromatic rings. The lowest BCUT2D eigenvalue weighted by Gasteiger charge is -2.12. The molecule has 0 aliphatic heterocycles. The Balaban J connectivity index is 1.06. The molecule has 0 aliphatic rings. The smallest absolute Gasteiger partial charge is 0.335 e. The number of fused-ring (bicyclic) bond motifs is 1. The number of carbonyl (C=O) groups is 1. The summed E-state index contributed by atoms with van der Waals surface area (Å²) in [5, 5.41) is 58.5. The number of phenols is 1. The first kappa shape index (κ1) is 45.1. The van der Waals surface area contributed by atoms with Crippen LogP contribution in [0.25, 0.3) is 10.8 Å². The molecule has 20 heteroatoms. The molecule has 0 spiro atoms. The lowest BCUT2D eigenvalue weighted by atomic mass is 10.1. The second kappa shape index (κ2) is 18.4. The fraction of sp³-hybridized carbons (Fsp3) is 0.0889. The second-order valence-corrected chi connectivity index (χ2v) is 17.4. The van der Waals surface area contributed by atoms with Gasteiger partial charge >= 0.3 is 5.97 Å². The van der Waals surface area contributed by atoms with Crippen molar-refractivity contribution in [3.63, 3.8) is 0 Å². The van der Waals surface area contributed by atoms with Crippen molar-refractivity contribution in [3.05, 3.63) is 149 Å². The number of aromatic hydroxyl groups is 1. The number of hydrogen-bond donors (Lipinski definition) is 5. The summed E-state index contributed by atoms with van der Waals surface area (Å²) in [6.07, 6.45) is 0. The fourth-order valence-corrected chi connectivity index (χ4v) is 7.42. The van der Waals surface area contributed by atoms with E-state index < -0.39 is 42.5 Å². The first-order chi connectivity index (χ1) is 30.8. The first-order valence-corrected chi connectivity index (χ1v) is 22.1. The number of benzene rings is 7. The minimum atomic E-state index is -4.86. The van der Waals surface area contributed by atoms with E-state index in [-0.39, 0.29) is 15.8 Å². The predicted octanol–water partition coefficient (Wildman–Crippen LogP) is 13.4. The van der Waals surface area contributed by atoms with E-state index in [1.807, 2.05) is 26.0 Å². The highest BCUT2D eigenvalue weighted by Gasteiger charge is 2.23. The van der Waals surface area contributed by atoms with Crippen LogP contribution in [0, 0.1) is 27.7 Å². The van der Waals surface area contributed by atoms with Crippen LogP contribution in [0.2, 0.25) is 0 Å². The number of carboxylic acid groups (broad SMARTS) is 1.